The summed E-state index contributed by atoms with van der Waals surface area (Å²) < 4.78 is 27.4. The van der Waals surface area contributed by atoms with Gasteiger partial charge >= 0.3 is 0 Å². The summed E-state index contributed by atoms with van der Waals surface area (Å²) in [6.07, 6.45) is 1.31. The average molecular weight is 274 g/mol. The van der Waals surface area contributed by atoms with Gasteiger partial charge in [-0.15, -0.1) is 11.6 Å². The fourth-order valence-electron chi connectivity index (χ4n) is 2.06. The van der Waals surface area contributed by atoms with Gasteiger partial charge in [-0.3, -0.25) is 4.79 Å². The SMILES string of the molecule is Cc1ccc(F)c(C(=O)N2CCC(Cl)CC2)c1F. The van der Waals surface area contributed by atoms with Crippen molar-refractivity contribution < 1.29 is 13.6 Å². The maximum Gasteiger partial charge on any atom is 0.259 e. The van der Waals surface area contributed by atoms with Crippen LogP contribution in [0.5, 0.6) is 0 Å². The Kier molecular flexibility index (Phi) is 3.85. The molecule has 1 aliphatic heterocycles. The number of rotatable bonds is 1. The summed E-state index contributed by atoms with van der Waals surface area (Å²) in [5, 5.41) is 0.0428. The fraction of sp³-hybridized carbons (Fsp3) is 0.462. The Bertz CT molecular complexity index is 470. The van der Waals surface area contributed by atoms with Crippen LogP contribution in [0.1, 0.15) is 28.8 Å². The molecule has 0 bridgehead atoms. The van der Waals surface area contributed by atoms with Crippen LogP contribution in [0.3, 0.4) is 0 Å². The van der Waals surface area contributed by atoms with Crippen molar-refractivity contribution in [2.75, 3.05) is 13.1 Å². The molecule has 18 heavy (non-hydrogen) atoms. The molecule has 1 aliphatic rings. The highest BCUT2D eigenvalue weighted by molar-refractivity contribution is 6.20. The molecule has 1 aromatic rings. The van der Waals surface area contributed by atoms with Crippen molar-refractivity contribution in [1.82, 2.24) is 4.90 Å². The minimum Gasteiger partial charge on any atom is -0.338 e. The van der Waals surface area contributed by atoms with Gasteiger partial charge in [-0.05, 0) is 31.4 Å². The lowest BCUT2D eigenvalue weighted by Gasteiger charge is -2.29. The van der Waals surface area contributed by atoms with Gasteiger partial charge in [0.15, 0.2) is 0 Å². The largest absolute Gasteiger partial charge is 0.338 e. The molecular formula is C13H14ClF2NO. The zero-order chi connectivity index (χ0) is 13.3. The molecule has 0 aliphatic carbocycles. The number of amides is 1. The fourth-order valence-corrected chi connectivity index (χ4v) is 2.26. The van der Waals surface area contributed by atoms with Gasteiger partial charge in [-0.2, -0.15) is 0 Å². The Morgan fingerprint density at radius 1 is 1.33 bits per heavy atom. The second-order valence-electron chi connectivity index (χ2n) is 4.52. The number of aryl methyl sites for hydroxylation is 1. The molecule has 2 nitrogen and oxygen atoms in total. The number of piperidine rings is 1. The van der Waals surface area contributed by atoms with Gasteiger partial charge in [0.1, 0.15) is 17.2 Å². The molecular weight excluding hydrogens is 260 g/mol. The van der Waals surface area contributed by atoms with Crippen LogP contribution in [0, 0.1) is 18.6 Å². The summed E-state index contributed by atoms with van der Waals surface area (Å²) >= 11 is 5.93. The molecule has 0 aromatic heterocycles. The molecule has 1 saturated heterocycles. The summed E-state index contributed by atoms with van der Waals surface area (Å²) in [4.78, 5) is 13.6. The van der Waals surface area contributed by atoms with Gasteiger partial charge in [0.2, 0.25) is 0 Å². The predicted molar refractivity (Wildman–Crippen MR) is 65.9 cm³/mol. The highest BCUT2D eigenvalue weighted by Gasteiger charge is 2.27. The van der Waals surface area contributed by atoms with E-state index in [1.165, 1.54) is 17.9 Å². The number of likely N-dealkylation sites (tertiary alicyclic amines) is 1. The number of hydrogen-bond acceptors (Lipinski definition) is 1. The maximum absolute atomic E-state index is 13.8. The molecule has 0 radical (unpaired) electrons. The van der Waals surface area contributed by atoms with E-state index in [-0.39, 0.29) is 10.9 Å². The van der Waals surface area contributed by atoms with E-state index in [1.807, 2.05) is 0 Å². The summed E-state index contributed by atoms with van der Waals surface area (Å²) in [5.74, 6) is -2.17. The third kappa shape index (κ3) is 2.48. The third-order valence-corrected chi connectivity index (χ3v) is 3.65. The van der Waals surface area contributed by atoms with Crippen molar-refractivity contribution in [1.29, 1.82) is 0 Å². The van der Waals surface area contributed by atoms with Crippen LogP contribution in [-0.4, -0.2) is 29.3 Å². The third-order valence-electron chi connectivity index (χ3n) is 3.21. The minimum atomic E-state index is -0.809. The molecule has 0 N–H and O–H groups in total. The van der Waals surface area contributed by atoms with E-state index in [1.54, 1.807) is 0 Å². The highest BCUT2D eigenvalue weighted by atomic mass is 35.5. The van der Waals surface area contributed by atoms with E-state index < -0.39 is 23.1 Å². The maximum atomic E-state index is 13.8. The van der Waals surface area contributed by atoms with Crippen LogP contribution in [0.15, 0.2) is 12.1 Å². The number of nitrogens with zero attached hydrogens (tertiary/aromatic N) is 1. The first-order valence-corrected chi connectivity index (χ1v) is 6.32. The number of benzene rings is 1. The normalized spacial score (nSPS) is 17.0. The standard InChI is InChI=1S/C13H14ClF2NO/c1-8-2-3-10(15)11(12(8)16)13(18)17-6-4-9(14)5-7-17/h2-3,9H,4-7H2,1H3. The van der Waals surface area contributed by atoms with Gasteiger partial charge in [-0.1, -0.05) is 6.07 Å². The quantitative estimate of drug-likeness (QED) is 0.720. The molecule has 98 valence electrons. The molecule has 1 fully saturated rings. The van der Waals surface area contributed by atoms with Crippen molar-refractivity contribution in [3.05, 3.63) is 34.9 Å². The second-order valence-corrected chi connectivity index (χ2v) is 5.14. The summed E-state index contributed by atoms with van der Waals surface area (Å²) in [5.41, 5.74) is -0.185. The van der Waals surface area contributed by atoms with E-state index in [0.29, 0.717) is 25.9 Å². The molecule has 1 aromatic carbocycles. The number of hydrogen-bond donors (Lipinski definition) is 0. The minimum absolute atomic E-state index is 0.0428. The van der Waals surface area contributed by atoms with E-state index >= 15 is 0 Å². The van der Waals surface area contributed by atoms with Crippen molar-refractivity contribution >= 4 is 17.5 Å². The van der Waals surface area contributed by atoms with E-state index in [2.05, 4.69) is 0 Å². The molecule has 0 spiro atoms. The van der Waals surface area contributed by atoms with Gasteiger partial charge in [0.05, 0.1) is 0 Å². The van der Waals surface area contributed by atoms with Crippen LogP contribution < -0.4 is 0 Å². The van der Waals surface area contributed by atoms with Crippen molar-refractivity contribution in [3.8, 4) is 0 Å². The van der Waals surface area contributed by atoms with E-state index in [4.69, 9.17) is 11.6 Å². The Morgan fingerprint density at radius 2 is 1.94 bits per heavy atom. The number of carbonyl (C=O) groups is 1. The van der Waals surface area contributed by atoms with Crippen LogP contribution in [0.2, 0.25) is 0 Å². The molecule has 0 atom stereocenters. The Balaban J connectivity index is 2.26. The zero-order valence-electron chi connectivity index (χ0n) is 10.0. The van der Waals surface area contributed by atoms with Gasteiger partial charge < -0.3 is 4.90 Å². The first kappa shape index (κ1) is 13.3. The molecule has 0 unspecified atom stereocenters. The molecule has 1 heterocycles. The van der Waals surface area contributed by atoms with Crippen molar-refractivity contribution in [3.63, 3.8) is 0 Å². The first-order chi connectivity index (χ1) is 8.50. The van der Waals surface area contributed by atoms with Gasteiger partial charge in [0, 0.05) is 18.5 Å². The smallest absolute Gasteiger partial charge is 0.259 e. The topological polar surface area (TPSA) is 20.3 Å². The lowest BCUT2D eigenvalue weighted by atomic mass is 10.1. The lowest BCUT2D eigenvalue weighted by molar-refractivity contribution is 0.0716. The Hall–Kier alpha value is -1.16. The van der Waals surface area contributed by atoms with E-state index in [0.717, 1.165) is 6.07 Å². The summed E-state index contributed by atoms with van der Waals surface area (Å²) in [6.45, 7) is 2.40. The monoisotopic (exact) mass is 273 g/mol. The molecule has 5 heteroatoms. The Labute approximate surface area is 110 Å². The van der Waals surface area contributed by atoms with E-state index in [9.17, 15) is 13.6 Å². The predicted octanol–water partition coefficient (Wildman–Crippen LogP) is 3.12. The summed E-state index contributed by atoms with van der Waals surface area (Å²) in [7, 11) is 0. The number of alkyl halides is 1. The van der Waals surface area contributed by atoms with Gasteiger partial charge in [-0.25, -0.2) is 8.78 Å². The second kappa shape index (κ2) is 5.22. The van der Waals surface area contributed by atoms with Crippen molar-refractivity contribution in [2.24, 2.45) is 0 Å². The molecule has 2 rings (SSSR count). The zero-order valence-corrected chi connectivity index (χ0v) is 10.8. The van der Waals surface area contributed by atoms with Crippen LogP contribution in [0.4, 0.5) is 8.78 Å². The molecule has 0 saturated carbocycles. The number of halogens is 3. The summed E-state index contributed by atoms with van der Waals surface area (Å²) in [6, 6.07) is 2.45. The lowest BCUT2D eigenvalue weighted by Crippen LogP contribution is -2.39. The highest BCUT2D eigenvalue weighted by Crippen LogP contribution is 2.22. The average Bonchev–Trinajstić information content (AvgIpc) is 2.35. The first-order valence-electron chi connectivity index (χ1n) is 5.88. The molecule has 1 amide bonds. The van der Waals surface area contributed by atoms with Crippen LogP contribution in [-0.2, 0) is 0 Å². The Morgan fingerprint density at radius 3 is 2.56 bits per heavy atom. The van der Waals surface area contributed by atoms with Crippen LogP contribution in [0.25, 0.3) is 0 Å². The van der Waals surface area contributed by atoms with Gasteiger partial charge in [0.25, 0.3) is 5.91 Å². The number of carbonyl (C=O) groups excluding carboxylic acids is 1. The van der Waals surface area contributed by atoms with Crippen molar-refractivity contribution in [2.45, 2.75) is 25.1 Å². The van der Waals surface area contributed by atoms with Crippen LogP contribution >= 0.6 is 11.6 Å².